The zero-order valence-corrected chi connectivity index (χ0v) is 35.8. The maximum atomic E-state index is 14.3. The summed E-state index contributed by atoms with van der Waals surface area (Å²) in [7, 11) is 7.40. The number of likely N-dealkylation sites (N-methyl/N-ethyl adjacent to an activating group) is 2. The standard InChI is InChI=1S/C40H76N2O10.2H2O/c1-15-33-40(10,48)35(44)26(6)42(13)21-22(2)19-38(8,47)30(18-32-34(43)31(41(11)12)16-23(3)50-32)24(4)29(25(5)37(46)52-33)17-28-20-39(9,49-14)36(45)27(7)51-28;;/h22-36,43-45,47-48H,15-21H2,1-14H3;2*1H2. The van der Waals surface area contributed by atoms with Gasteiger partial charge in [0.1, 0.15) is 23.9 Å². The Hall–Kier alpha value is -1.01. The average molecular weight is 781 g/mol. The van der Waals surface area contributed by atoms with E-state index in [1.165, 1.54) is 6.92 Å². The number of aliphatic hydroxyl groups is 5. The molecule has 0 bridgehead atoms. The molecule has 0 aromatic rings. The molecule has 3 heterocycles. The lowest BCUT2D eigenvalue weighted by atomic mass is 9.64. The van der Waals surface area contributed by atoms with Crippen LogP contribution in [0.3, 0.4) is 0 Å². The molecule has 0 spiro atoms. The number of aliphatic hydroxyl groups excluding tert-OH is 3. The third-order valence-electron chi connectivity index (χ3n) is 13.5. The summed E-state index contributed by atoms with van der Waals surface area (Å²) in [5.74, 6) is -2.35. The minimum atomic E-state index is -1.73. The molecule has 0 aromatic heterocycles. The summed E-state index contributed by atoms with van der Waals surface area (Å²) in [5, 5.41) is 58.6. The molecule has 14 heteroatoms. The van der Waals surface area contributed by atoms with Gasteiger partial charge in [-0.2, -0.15) is 0 Å². The lowest BCUT2D eigenvalue weighted by Crippen LogP contribution is -2.59. The van der Waals surface area contributed by atoms with Crippen LogP contribution in [0.15, 0.2) is 0 Å². The molecule has 54 heavy (non-hydrogen) atoms. The summed E-state index contributed by atoms with van der Waals surface area (Å²) in [5.41, 5.74) is -3.85. The summed E-state index contributed by atoms with van der Waals surface area (Å²) >= 11 is 0. The fourth-order valence-electron chi connectivity index (χ4n) is 10.0. The van der Waals surface area contributed by atoms with Gasteiger partial charge in [0.25, 0.3) is 0 Å². The van der Waals surface area contributed by atoms with Gasteiger partial charge in [-0.3, -0.25) is 4.79 Å². The molecule has 3 aliphatic heterocycles. The van der Waals surface area contributed by atoms with Gasteiger partial charge in [-0.15, -0.1) is 0 Å². The Morgan fingerprint density at radius 1 is 0.926 bits per heavy atom. The first-order valence-electron chi connectivity index (χ1n) is 19.8. The Labute approximate surface area is 325 Å². The summed E-state index contributed by atoms with van der Waals surface area (Å²) in [6.45, 7) is 19.3. The normalized spacial score (nSPS) is 47.8. The third-order valence-corrected chi connectivity index (χ3v) is 13.5. The molecule has 3 aliphatic rings. The minimum Gasteiger partial charge on any atom is -0.459 e. The predicted octanol–water partition coefficient (Wildman–Crippen LogP) is 1.58. The fraction of sp³-hybridized carbons (Fsp3) is 0.975. The highest BCUT2D eigenvalue weighted by molar-refractivity contribution is 5.72. The van der Waals surface area contributed by atoms with Gasteiger partial charge in [-0.25, -0.2) is 0 Å². The van der Waals surface area contributed by atoms with E-state index in [1.807, 2.05) is 79.4 Å². The Morgan fingerprint density at radius 2 is 1.52 bits per heavy atom. The highest BCUT2D eigenvalue weighted by atomic mass is 16.6. The van der Waals surface area contributed by atoms with Crippen molar-refractivity contribution in [2.75, 3.05) is 34.8 Å². The van der Waals surface area contributed by atoms with Crippen molar-refractivity contribution in [3.8, 4) is 0 Å². The van der Waals surface area contributed by atoms with Crippen molar-refractivity contribution < 1.29 is 60.2 Å². The van der Waals surface area contributed by atoms with E-state index < -0.39 is 83.2 Å². The number of carbonyl (C=O) groups excluding carboxylic acids is 1. The van der Waals surface area contributed by atoms with Crippen molar-refractivity contribution in [2.45, 2.75) is 185 Å². The average Bonchev–Trinajstić information content (AvgIpc) is 3.05. The van der Waals surface area contributed by atoms with Gasteiger partial charge in [-0.1, -0.05) is 27.7 Å². The van der Waals surface area contributed by atoms with Crippen LogP contribution in [0, 0.1) is 29.6 Å². The number of hydrogen-bond donors (Lipinski definition) is 5. The van der Waals surface area contributed by atoms with Crippen LogP contribution in [0.1, 0.15) is 108 Å². The van der Waals surface area contributed by atoms with Crippen molar-refractivity contribution in [2.24, 2.45) is 29.6 Å². The first kappa shape index (κ1) is 51.0. The Balaban J connectivity index is 0.00000729. The van der Waals surface area contributed by atoms with Crippen LogP contribution < -0.4 is 0 Å². The monoisotopic (exact) mass is 781 g/mol. The number of esters is 1. The maximum absolute atomic E-state index is 14.3. The molecule has 3 fully saturated rings. The second-order valence-corrected chi connectivity index (χ2v) is 18.1. The van der Waals surface area contributed by atoms with Gasteiger partial charge < -0.3 is 65.2 Å². The molecule has 0 amide bonds. The second kappa shape index (κ2) is 20.1. The number of hydrogen-bond acceptors (Lipinski definition) is 12. The number of methoxy groups -OCH3 is 1. The molecule has 3 rings (SSSR count). The van der Waals surface area contributed by atoms with E-state index >= 15 is 0 Å². The second-order valence-electron chi connectivity index (χ2n) is 18.1. The SMILES string of the molecule is CCC1OC(=O)C(C)C(CC2CC(C)(OC)C(O)C(C)O2)C(C)C(CC2OC(C)CC(N(C)C)C2O)C(C)(O)CC(C)CN(C)C(C)C(O)C1(C)O.O.O. The van der Waals surface area contributed by atoms with Crippen molar-refractivity contribution in [1.82, 2.24) is 9.80 Å². The van der Waals surface area contributed by atoms with E-state index in [0.717, 1.165) is 0 Å². The molecule has 322 valence electrons. The van der Waals surface area contributed by atoms with Gasteiger partial charge in [0.05, 0.1) is 47.6 Å². The van der Waals surface area contributed by atoms with Crippen LogP contribution >= 0.6 is 0 Å². The molecular formula is C40H80N2O12. The molecule has 0 aromatic carbocycles. The first-order valence-corrected chi connectivity index (χ1v) is 19.8. The minimum absolute atomic E-state index is 0. The van der Waals surface area contributed by atoms with Crippen LogP contribution in [0.4, 0.5) is 0 Å². The molecule has 0 aliphatic carbocycles. The summed E-state index contributed by atoms with van der Waals surface area (Å²) < 4.78 is 24.8. The molecule has 0 saturated carbocycles. The zero-order chi connectivity index (χ0) is 39.7. The van der Waals surface area contributed by atoms with Gasteiger partial charge in [0.15, 0.2) is 0 Å². The molecule has 9 N–H and O–H groups in total. The van der Waals surface area contributed by atoms with Crippen molar-refractivity contribution in [1.29, 1.82) is 0 Å². The number of carbonyl (C=O) groups is 1. The van der Waals surface area contributed by atoms with Gasteiger partial charge in [0, 0.05) is 32.2 Å². The zero-order valence-electron chi connectivity index (χ0n) is 35.8. The number of nitrogens with zero attached hydrogens (tertiary/aromatic N) is 2. The molecule has 18 unspecified atom stereocenters. The topological polar surface area (TPSA) is 225 Å². The van der Waals surface area contributed by atoms with Crippen molar-refractivity contribution in [3.05, 3.63) is 0 Å². The first-order chi connectivity index (χ1) is 23.9. The lowest BCUT2D eigenvalue weighted by molar-refractivity contribution is -0.220. The predicted molar refractivity (Wildman–Crippen MR) is 208 cm³/mol. The van der Waals surface area contributed by atoms with Crippen LogP contribution in [-0.4, -0.2) is 165 Å². The van der Waals surface area contributed by atoms with E-state index in [9.17, 15) is 30.3 Å². The van der Waals surface area contributed by atoms with Crippen LogP contribution in [0.25, 0.3) is 0 Å². The molecular weight excluding hydrogens is 700 g/mol. The van der Waals surface area contributed by atoms with Crippen molar-refractivity contribution in [3.63, 3.8) is 0 Å². The summed E-state index contributed by atoms with van der Waals surface area (Å²) in [6.07, 6.45) is -2.80. The summed E-state index contributed by atoms with van der Waals surface area (Å²) in [6, 6.07) is -0.596. The molecule has 0 radical (unpaired) electrons. The highest BCUT2D eigenvalue weighted by Crippen LogP contribution is 2.46. The smallest absolute Gasteiger partial charge is 0.309 e. The Bertz CT molecular complexity index is 1140. The maximum Gasteiger partial charge on any atom is 0.309 e. The van der Waals surface area contributed by atoms with E-state index in [4.69, 9.17) is 18.9 Å². The number of ether oxygens (including phenoxy) is 4. The van der Waals surface area contributed by atoms with Gasteiger partial charge in [0.2, 0.25) is 0 Å². The number of cyclic esters (lactones) is 1. The Morgan fingerprint density at radius 3 is 2.06 bits per heavy atom. The van der Waals surface area contributed by atoms with Crippen LogP contribution in [0.2, 0.25) is 0 Å². The Kier molecular flexibility index (Phi) is 19.0. The van der Waals surface area contributed by atoms with Crippen molar-refractivity contribution >= 4 is 5.97 Å². The van der Waals surface area contributed by atoms with E-state index in [1.54, 1.807) is 7.11 Å². The van der Waals surface area contributed by atoms with Gasteiger partial charge >= 0.3 is 5.97 Å². The van der Waals surface area contributed by atoms with E-state index in [-0.39, 0.29) is 41.0 Å². The lowest BCUT2D eigenvalue weighted by Gasteiger charge is -2.49. The third kappa shape index (κ3) is 11.3. The highest BCUT2D eigenvalue weighted by Gasteiger charge is 2.51. The fourth-order valence-corrected chi connectivity index (χ4v) is 10.0. The summed E-state index contributed by atoms with van der Waals surface area (Å²) in [4.78, 5) is 18.3. The molecule has 3 saturated heterocycles. The van der Waals surface area contributed by atoms with Gasteiger partial charge in [-0.05, 0) is 118 Å². The largest absolute Gasteiger partial charge is 0.459 e. The molecule has 14 nitrogen and oxygen atoms in total. The van der Waals surface area contributed by atoms with Crippen LogP contribution in [0.5, 0.6) is 0 Å². The number of rotatable bonds is 7. The van der Waals surface area contributed by atoms with E-state index in [0.29, 0.717) is 45.1 Å². The van der Waals surface area contributed by atoms with Crippen LogP contribution in [-0.2, 0) is 23.7 Å². The van der Waals surface area contributed by atoms with E-state index in [2.05, 4.69) is 13.8 Å². The molecule has 18 atom stereocenters. The quantitative estimate of drug-likeness (QED) is 0.232.